The summed E-state index contributed by atoms with van der Waals surface area (Å²) in [6, 6.07) is 21.7. The molecule has 210 valence electrons. The molecule has 0 bridgehead atoms. The molecular formula is C29H25ClN10O2. The molecule has 0 aliphatic heterocycles. The van der Waals surface area contributed by atoms with Gasteiger partial charge in [-0.15, -0.1) is 25.6 Å². The number of nitrogens with zero attached hydrogens (tertiary/aromatic N) is 9. The number of aryl methyl sites for hydroxylation is 2. The van der Waals surface area contributed by atoms with Crippen molar-refractivity contribution in [3.05, 3.63) is 89.2 Å². The maximum Gasteiger partial charge on any atom is 0.198 e. The van der Waals surface area contributed by atoms with Gasteiger partial charge >= 0.3 is 0 Å². The highest BCUT2D eigenvalue weighted by Gasteiger charge is 2.24. The molecule has 3 aromatic heterocycles. The lowest BCUT2D eigenvalue weighted by molar-refractivity contribution is 0.414. The fourth-order valence-electron chi connectivity index (χ4n) is 4.31. The lowest BCUT2D eigenvalue weighted by atomic mass is 10.3. The van der Waals surface area contributed by atoms with E-state index in [4.69, 9.17) is 26.1 Å². The number of aromatic amines is 1. The zero-order valence-corrected chi connectivity index (χ0v) is 23.9. The molecule has 0 spiro atoms. The quantitative estimate of drug-likeness (QED) is 0.180. The molecule has 3 heterocycles. The van der Waals surface area contributed by atoms with Crippen LogP contribution >= 0.6 is 11.6 Å². The summed E-state index contributed by atoms with van der Waals surface area (Å²) >= 11 is 6.04. The van der Waals surface area contributed by atoms with E-state index in [0.717, 1.165) is 17.2 Å². The molecule has 3 aromatic carbocycles. The van der Waals surface area contributed by atoms with Gasteiger partial charge in [0.15, 0.2) is 28.6 Å². The van der Waals surface area contributed by atoms with Crippen LogP contribution < -0.4 is 9.47 Å². The Hall–Kier alpha value is -5.36. The first kappa shape index (κ1) is 26.8. The van der Waals surface area contributed by atoms with Gasteiger partial charge in [0.25, 0.3) is 0 Å². The smallest absolute Gasteiger partial charge is 0.198 e. The van der Waals surface area contributed by atoms with Crippen LogP contribution in [-0.2, 0) is 0 Å². The maximum absolute atomic E-state index is 6.04. The third-order valence-electron chi connectivity index (χ3n) is 6.45. The standard InChI is InChI=1S/C29H25ClN10O2/c1-17-26(37-34-21-9-13-23(41-3)14-10-21)39-28(31-17)25(36-33-20-7-5-19(30)6-8-20)29-32-18(2)27(40(29)39)38-35-22-11-15-24(42-4)16-12-22/h5-16,31H,1-4H3. The fourth-order valence-corrected chi connectivity index (χ4v) is 4.44. The Kier molecular flexibility index (Phi) is 7.19. The monoisotopic (exact) mass is 580 g/mol. The van der Waals surface area contributed by atoms with Crippen molar-refractivity contribution in [2.75, 3.05) is 14.2 Å². The van der Waals surface area contributed by atoms with Crippen molar-refractivity contribution >= 4 is 57.3 Å². The lowest BCUT2D eigenvalue weighted by Crippen LogP contribution is -1.92. The predicted octanol–water partition coefficient (Wildman–Crippen LogP) is 9.45. The fraction of sp³-hybridized carbons (Fsp3) is 0.138. The number of methoxy groups -OCH3 is 2. The van der Waals surface area contributed by atoms with E-state index in [1.54, 1.807) is 43.0 Å². The summed E-state index contributed by atoms with van der Waals surface area (Å²) in [6.07, 6.45) is 0. The minimum absolute atomic E-state index is 0.503. The highest BCUT2D eigenvalue weighted by atomic mass is 35.5. The molecule has 0 saturated carbocycles. The number of nitrogens with one attached hydrogen (secondary N) is 1. The van der Waals surface area contributed by atoms with Crippen molar-refractivity contribution in [1.82, 2.24) is 19.0 Å². The average Bonchev–Trinajstić information content (AvgIpc) is 3.60. The third kappa shape index (κ3) is 5.10. The molecule has 1 N–H and O–H groups in total. The molecule has 0 radical (unpaired) electrons. The summed E-state index contributed by atoms with van der Waals surface area (Å²) in [5.41, 5.74) is 5.03. The molecule has 0 saturated heterocycles. The van der Waals surface area contributed by atoms with E-state index in [2.05, 4.69) is 35.7 Å². The van der Waals surface area contributed by atoms with Crippen LogP contribution in [0.4, 0.5) is 34.4 Å². The topological polar surface area (TPSA) is 130 Å². The van der Waals surface area contributed by atoms with Crippen LogP contribution in [0.3, 0.4) is 0 Å². The Balaban J connectivity index is 1.51. The second-order valence-electron chi connectivity index (χ2n) is 9.21. The molecule has 0 fully saturated rings. The van der Waals surface area contributed by atoms with Crippen LogP contribution in [0.25, 0.3) is 11.3 Å². The number of fused-ring (bicyclic) bond motifs is 3. The summed E-state index contributed by atoms with van der Waals surface area (Å²) in [5.74, 6) is 2.51. The molecule has 0 unspecified atom stereocenters. The van der Waals surface area contributed by atoms with Gasteiger partial charge in [-0.25, -0.2) is 14.0 Å². The van der Waals surface area contributed by atoms with Gasteiger partial charge in [-0.05, 0) is 86.6 Å². The summed E-state index contributed by atoms with van der Waals surface area (Å²) in [6.45, 7) is 3.77. The summed E-state index contributed by atoms with van der Waals surface area (Å²) < 4.78 is 14.1. The molecule has 6 rings (SSSR count). The highest BCUT2D eigenvalue weighted by Crippen LogP contribution is 2.38. The average molecular weight is 581 g/mol. The van der Waals surface area contributed by atoms with E-state index in [1.165, 1.54) is 0 Å². The van der Waals surface area contributed by atoms with Crippen LogP contribution in [-0.4, -0.2) is 33.2 Å². The minimum Gasteiger partial charge on any atom is -0.497 e. The number of azo groups is 3. The summed E-state index contributed by atoms with van der Waals surface area (Å²) in [4.78, 5) is 8.16. The van der Waals surface area contributed by atoms with Gasteiger partial charge in [0, 0.05) is 5.02 Å². The summed E-state index contributed by atoms with van der Waals surface area (Å²) in [5, 5.41) is 27.7. The van der Waals surface area contributed by atoms with E-state index in [9.17, 15) is 0 Å². The van der Waals surface area contributed by atoms with Gasteiger partial charge in [0.1, 0.15) is 11.5 Å². The Morgan fingerprint density at radius 1 is 0.643 bits per heavy atom. The second-order valence-corrected chi connectivity index (χ2v) is 9.65. The van der Waals surface area contributed by atoms with Gasteiger partial charge in [0.05, 0.1) is 42.7 Å². The molecule has 0 aliphatic carbocycles. The number of ether oxygens (including phenoxy) is 2. The van der Waals surface area contributed by atoms with Crippen molar-refractivity contribution in [2.45, 2.75) is 13.8 Å². The van der Waals surface area contributed by atoms with Gasteiger partial charge < -0.3 is 14.5 Å². The number of aromatic nitrogens is 4. The SMILES string of the molecule is COc1ccc(N=Nc2c(C)nc3c(N=Nc4ccc(Cl)cc4)c4[nH]c(C)c(N=Nc5ccc(OC)cc5)n4n23)cc1. The number of imidazole rings is 2. The predicted molar refractivity (Wildman–Crippen MR) is 160 cm³/mol. The van der Waals surface area contributed by atoms with Gasteiger partial charge in [-0.3, -0.25) is 0 Å². The molecule has 0 atom stereocenters. The molecule has 42 heavy (non-hydrogen) atoms. The van der Waals surface area contributed by atoms with Crippen molar-refractivity contribution in [1.29, 1.82) is 0 Å². The third-order valence-corrected chi connectivity index (χ3v) is 6.70. The molecule has 0 amide bonds. The Morgan fingerprint density at radius 2 is 1.14 bits per heavy atom. The van der Waals surface area contributed by atoms with Crippen LogP contribution in [0, 0.1) is 13.8 Å². The van der Waals surface area contributed by atoms with Crippen molar-refractivity contribution in [2.24, 2.45) is 30.7 Å². The van der Waals surface area contributed by atoms with E-state index >= 15 is 0 Å². The van der Waals surface area contributed by atoms with E-state index in [0.29, 0.717) is 56.4 Å². The number of hydrogen-bond donors (Lipinski definition) is 1. The zero-order valence-electron chi connectivity index (χ0n) is 23.1. The van der Waals surface area contributed by atoms with Crippen molar-refractivity contribution in [3.8, 4) is 11.5 Å². The Bertz CT molecular complexity index is 1850. The van der Waals surface area contributed by atoms with Gasteiger partial charge in [-0.2, -0.15) is 5.11 Å². The first-order valence-electron chi connectivity index (χ1n) is 12.9. The Labute approximate surface area is 245 Å². The number of benzene rings is 3. The molecule has 6 aromatic rings. The van der Waals surface area contributed by atoms with Crippen molar-refractivity contribution in [3.63, 3.8) is 0 Å². The number of hydrogen-bond acceptors (Lipinski definition) is 9. The first-order valence-corrected chi connectivity index (χ1v) is 13.2. The van der Waals surface area contributed by atoms with E-state index in [-0.39, 0.29) is 0 Å². The largest absolute Gasteiger partial charge is 0.497 e. The van der Waals surface area contributed by atoms with Crippen LogP contribution in [0.1, 0.15) is 11.4 Å². The normalized spacial score (nSPS) is 12.1. The van der Waals surface area contributed by atoms with Gasteiger partial charge in [-0.1, -0.05) is 11.6 Å². The lowest BCUT2D eigenvalue weighted by Gasteiger charge is -2.00. The minimum atomic E-state index is 0.503. The Morgan fingerprint density at radius 3 is 1.69 bits per heavy atom. The van der Waals surface area contributed by atoms with Crippen LogP contribution in [0.5, 0.6) is 11.5 Å². The van der Waals surface area contributed by atoms with E-state index < -0.39 is 0 Å². The highest BCUT2D eigenvalue weighted by molar-refractivity contribution is 6.30. The molecule has 0 aliphatic rings. The van der Waals surface area contributed by atoms with Crippen LogP contribution in [0.15, 0.2) is 103 Å². The molecule has 13 heteroatoms. The second kappa shape index (κ2) is 11.3. The number of rotatable bonds is 8. The van der Waals surface area contributed by atoms with Gasteiger partial charge in [0.2, 0.25) is 0 Å². The first-order chi connectivity index (χ1) is 20.4. The zero-order chi connectivity index (χ0) is 29.2. The maximum atomic E-state index is 6.04. The molecular weight excluding hydrogens is 556 g/mol. The number of H-pyrrole nitrogens is 1. The molecule has 12 nitrogen and oxygen atoms in total. The van der Waals surface area contributed by atoms with E-state index in [1.807, 2.05) is 66.9 Å². The van der Waals surface area contributed by atoms with Crippen LogP contribution in [0.2, 0.25) is 5.02 Å². The number of halogens is 1. The summed E-state index contributed by atoms with van der Waals surface area (Å²) in [7, 11) is 3.23. The van der Waals surface area contributed by atoms with Crippen molar-refractivity contribution < 1.29 is 9.47 Å².